The zero-order chi connectivity index (χ0) is 20.7. The molecule has 2 aliphatic heterocycles. The summed E-state index contributed by atoms with van der Waals surface area (Å²) in [5, 5.41) is 8.69. The second-order valence-corrected chi connectivity index (χ2v) is 10.1. The lowest BCUT2D eigenvalue weighted by Gasteiger charge is -2.24. The molecule has 1 aromatic heterocycles. The highest BCUT2D eigenvalue weighted by Gasteiger charge is 2.41. The number of nitrogens with zero attached hydrogens (tertiary/aromatic N) is 3. The number of fused-ring (bicyclic) bond motifs is 2. The summed E-state index contributed by atoms with van der Waals surface area (Å²) in [5.74, 6) is 3.67. The topological polar surface area (TPSA) is 56.7 Å². The number of ether oxygens (including phenoxy) is 3. The number of likely N-dealkylation sites (tertiary alicyclic amines) is 1. The van der Waals surface area contributed by atoms with E-state index in [4.69, 9.17) is 14.2 Å². The molecule has 3 aliphatic rings. The minimum atomic E-state index is 0.260. The first kappa shape index (κ1) is 19.6. The molecule has 0 amide bonds. The molecule has 1 aliphatic carbocycles. The summed E-state index contributed by atoms with van der Waals surface area (Å²) in [6, 6.07) is 9.71. The van der Waals surface area contributed by atoms with Gasteiger partial charge in [-0.25, -0.2) is 0 Å². The van der Waals surface area contributed by atoms with E-state index in [1.54, 1.807) is 0 Å². The molecule has 160 valence electrons. The first-order valence-corrected chi connectivity index (χ1v) is 11.1. The Morgan fingerprint density at radius 1 is 1.00 bits per heavy atom. The smallest absolute Gasteiger partial charge is 0.233 e. The molecule has 0 spiro atoms. The van der Waals surface area contributed by atoms with Crippen molar-refractivity contribution in [1.29, 1.82) is 0 Å². The number of aromatic nitrogens is 2. The van der Waals surface area contributed by atoms with Crippen LogP contribution in [0.3, 0.4) is 0 Å². The summed E-state index contributed by atoms with van der Waals surface area (Å²) in [6.45, 7) is 10.9. The summed E-state index contributed by atoms with van der Waals surface area (Å²) in [5.41, 5.74) is 2.18. The largest absolute Gasteiger partial charge is 0.473 e. The molecule has 1 aromatic carbocycles. The van der Waals surface area contributed by atoms with Crippen LogP contribution in [0.2, 0.25) is 0 Å². The first-order valence-electron chi connectivity index (χ1n) is 11.1. The van der Waals surface area contributed by atoms with Crippen molar-refractivity contribution in [3.63, 3.8) is 0 Å². The van der Waals surface area contributed by atoms with E-state index in [1.807, 2.05) is 30.3 Å². The van der Waals surface area contributed by atoms with Crippen LogP contribution in [0.25, 0.3) is 11.3 Å². The van der Waals surface area contributed by atoms with Gasteiger partial charge in [0.15, 0.2) is 11.5 Å². The molecule has 3 atom stereocenters. The van der Waals surface area contributed by atoms with Crippen LogP contribution in [0.15, 0.2) is 30.3 Å². The lowest BCUT2D eigenvalue weighted by Crippen LogP contribution is -2.28. The summed E-state index contributed by atoms with van der Waals surface area (Å²) < 4.78 is 17.0. The van der Waals surface area contributed by atoms with E-state index in [-0.39, 0.29) is 12.9 Å². The van der Waals surface area contributed by atoms with Crippen molar-refractivity contribution in [2.45, 2.75) is 46.1 Å². The maximum absolute atomic E-state index is 6.19. The Morgan fingerprint density at radius 2 is 1.77 bits per heavy atom. The van der Waals surface area contributed by atoms with E-state index in [0.29, 0.717) is 11.3 Å². The molecule has 6 nitrogen and oxygen atoms in total. The van der Waals surface area contributed by atoms with Crippen molar-refractivity contribution in [3.8, 4) is 28.6 Å². The highest BCUT2D eigenvalue weighted by atomic mass is 16.7. The summed E-state index contributed by atoms with van der Waals surface area (Å²) in [6.07, 6.45) is 3.78. The standard InChI is InChI=1S/C24H31N3O3/c1-24(2,3)8-9-27-13-17-10-19(11-18(17)14-27)30-23-7-5-20(25-26-23)16-4-6-21-22(12-16)29-15-28-21/h4-7,12,17-19H,8-11,13-15H2,1-3H3/t17-,18+,19?. The summed E-state index contributed by atoms with van der Waals surface area (Å²) in [4.78, 5) is 2.65. The molecule has 3 heterocycles. The van der Waals surface area contributed by atoms with Crippen molar-refractivity contribution in [1.82, 2.24) is 15.1 Å². The number of benzene rings is 1. The summed E-state index contributed by atoms with van der Waals surface area (Å²) in [7, 11) is 0. The lowest BCUT2D eigenvalue weighted by atomic mass is 9.92. The Morgan fingerprint density at radius 3 is 2.47 bits per heavy atom. The molecule has 1 saturated heterocycles. The molecule has 0 N–H and O–H groups in total. The van der Waals surface area contributed by atoms with Crippen LogP contribution in [0, 0.1) is 17.3 Å². The van der Waals surface area contributed by atoms with Gasteiger partial charge in [-0.1, -0.05) is 20.8 Å². The van der Waals surface area contributed by atoms with Gasteiger partial charge in [0.1, 0.15) is 6.10 Å². The predicted octanol–water partition coefficient (Wildman–Crippen LogP) is 4.40. The third-order valence-electron chi connectivity index (χ3n) is 6.56. The molecular weight excluding hydrogens is 378 g/mol. The van der Waals surface area contributed by atoms with E-state index < -0.39 is 0 Å². The fourth-order valence-electron chi connectivity index (χ4n) is 4.88. The Kier molecular flexibility index (Phi) is 5.05. The van der Waals surface area contributed by atoms with Gasteiger partial charge in [-0.3, -0.25) is 0 Å². The Bertz CT molecular complexity index is 880. The van der Waals surface area contributed by atoms with E-state index in [0.717, 1.165) is 47.4 Å². The first-order chi connectivity index (χ1) is 14.4. The minimum Gasteiger partial charge on any atom is -0.473 e. The molecule has 0 radical (unpaired) electrons. The van der Waals surface area contributed by atoms with Crippen LogP contribution in [0.4, 0.5) is 0 Å². The maximum atomic E-state index is 6.19. The zero-order valence-corrected chi connectivity index (χ0v) is 18.1. The average Bonchev–Trinajstić information content (AvgIpc) is 3.40. The Labute approximate surface area is 178 Å². The predicted molar refractivity (Wildman–Crippen MR) is 115 cm³/mol. The monoisotopic (exact) mass is 409 g/mol. The molecular formula is C24H31N3O3. The number of hydrogen-bond donors (Lipinski definition) is 0. The maximum Gasteiger partial charge on any atom is 0.233 e. The van der Waals surface area contributed by atoms with Crippen LogP contribution in [-0.2, 0) is 0 Å². The normalized spacial score (nSPS) is 25.5. The van der Waals surface area contributed by atoms with Gasteiger partial charge in [-0.15, -0.1) is 10.2 Å². The van der Waals surface area contributed by atoms with Gasteiger partial charge in [-0.05, 0) is 67.3 Å². The molecule has 2 fully saturated rings. The van der Waals surface area contributed by atoms with E-state index in [1.165, 1.54) is 26.1 Å². The second kappa shape index (κ2) is 7.73. The van der Waals surface area contributed by atoms with Crippen molar-refractivity contribution in [3.05, 3.63) is 30.3 Å². The molecule has 1 unspecified atom stereocenters. The molecule has 1 saturated carbocycles. The highest BCUT2D eigenvalue weighted by Crippen LogP contribution is 2.40. The van der Waals surface area contributed by atoms with Gasteiger partial charge in [0.2, 0.25) is 12.7 Å². The third-order valence-corrected chi connectivity index (χ3v) is 6.56. The highest BCUT2D eigenvalue weighted by molar-refractivity contribution is 5.64. The number of hydrogen-bond acceptors (Lipinski definition) is 6. The van der Waals surface area contributed by atoms with Gasteiger partial charge in [0.05, 0.1) is 5.69 Å². The van der Waals surface area contributed by atoms with Crippen LogP contribution in [0.5, 0.6) is 17.4 Å². The van der Waals surface area contributed by atoms with Gasteiger partial charge in [0.25, 0.3) is 0 Å². The van der Waals surface area contributed by atoms with Gasteiger partial charge in [-0.2, -0.15) is 0 Å². The lowest BCUT2D eigenvalue weighted by molar-refractivity contribution is 0.173. The van der Waals surface area contributed by atoms with Gasteiger partial charge < -0.3 is 19.1 Å². The van der Waals surface area contributed by atoms with E-state index >= 15 is 0 Å². The fourth-order valence-corrected chi connectivity index (χ4v) is 4.88. The third kappa shape index (κ3) is 4.24. The van der Waals surface area contributed by atoms with Crippen LogP contribution >= 0.6 is 0 Å². The molecule has 6 heteroatoms. The van der Waals surface area contributed by atoms with Crippen molar-refractivity contribution >= 4 is 0 Å². The SMILES string of the molecule is CC(C)(C)CCN1C[C@H]2CC(Oc3ccc(-c4ccc5c(c4)OCO5)nn3)C[C@H]2C1. The molecule has 2 aromatic rings. The Hall–Kier alpha value is -2.34. The number of rotatable bonds is 5. The van der Waals surface area contributed by atoms with Crippen molar-refractivity contribution in [2.24, 2.45) is 17.3 Å². The second-order valence-electron chi connectivity index (χ2n) is 10.1. The van der Waals surface area contributed by atoms with E-state index in [2.05, 4.69) is 35.9 Å². The van der Waals surface area contributed by atoms with Crippen LogP contribution in [0.1, 0.15) is 40.0 Å². The van der Waals surface area contributed by atoms with Crippen molar-refractivity contribution < 1.29 is 14.2 Å². The molecule has 30 heavy (non-hydrogen) atoms. The van der Waals surface area contributed by atoms with Gasteiger partial charge in [0, 0.05) is 24.7 Å². The summed E-state index contributed by atoms with van der Waals surface area (Å²) >= 11 is 0. The zero-order valence-electron chi connectivity index (χ0n) is 18.1. The molecule has 0 bridgehead atoms. The molecule has 5 rings (SSSR count). The average molecular weight is 410 g/mol. The van der Waals surface area contributed by atoms with Crippen molar-refractivity contribution in [2.75, 3.05) is 26.4 Å². The quantitative estimate of drug-likeness (QED) is 0.730. The fraction of sp³-hybridized carbons (Fsp3) is 0.583. The van der Waals surface area contributed by atoms with Crippen LogP contribution in [-0.4, -0.2) is 47.6 Å². The Balaban J connectivity index is 1.15. The minimum absolute atomic E-state index is 0.260. The van der Waals surface area contributed by atoms with Crippen LogP contribution < -0.4 is 14.2 Å². The van der Waals surface area contributed by atoms with E-state index in [9.17, 15) is 0 Å². The van der Waals surface area contributed by atoms with Gasteiger partial charge >= 0.3 is 0 Å².